The fourth-order valence-electron chi connectivity index (χ4n) is 1.27. The van der Waals surface area contributed by atoms with E-state index >= 15 is 0 Å². The molecule has 0 spiro atoms. The third-order valence-electron chi connectivity index (χ3n) is 2.23. The Morgan fingerprint density at radius 3 is 2.63 bits per heavy atom. The van der Waals surface area contributed by atoms with Crippen LogP contribution in [0.1, 0.15) is 5.56 Å². The number of carbonyl (C=O) groups is 2. The van der Waals surface area contributed by atoms with Gasteiger partial charge in [0, 0.05) is 25.0 Å². The van der Waals surface area contributed by atoms with Gasteiger partial charge in [0.15, 0.2) is 0 Å². The Bertz CT molecular complexity index is 498. The van der Waals surface area contributed by atoms with Gasteiger partial charge in [-0.1, -0.05) is 6.07 Å². The zero-order chi connectivity index (χ0) is 14.5. The Hall–Kier alpha value is -2.31. The number of carbonyl (C=O) groups excluding carboxylic acids is 2. The Morgan fingerprint density at radius 2 is 2.05 bits per heavy atom. The van der Waals surface area contributed by atoms with Gasteiger partial charge in [-0.25, -0.2) is 0 Å². The Labute approximate surface area is 107 Å². The molecule has 0 saturated heterocycles. The van der Waals surface area contributed by atoms with Crippen molar-refractivity contribution in [2.45, 2.75) is 6.18 Å². The molecule has 1 aromatic rings. The minimum Gasteiger partial charge on any atom is -0.351 e. The van der Waals surface area contributed by atoms with Crippen molar-refractivity contribution in [2.24, 2.45) is 0 Å². The number of hydrogen-bond acceptors (Lipinski definition) is 3. The quantitative estimate of drug-likeness (QED) is 0.673. The molecule has 0 radical (unpaired) electrons. The standard InChI is InChI=1S/C12H11F3N2O2/c1-17(6-5-11(19)16-8-18)10-4-2-3-9(7-10)12(13,14)15/h2-8H,1H3,(H,16,18,19)/b6-5-. The van der Waals surface area contributed by atoms with Gasteiger partial charge < -0.3 is 4.90 Å². The molecule has 0 aliphatic heterocycles. The maximum Gasteiger partial charge on any atom is 0.416 e. The summed E-state index contributed by atoms with van der Waals surface area (Å²) < 4.78 is 37.5. The molecule has 1 rings (SSSR count). The second kappa shape index (κ2) is 6.03. The zero-order valence-corrected chi connectivity index (χ0v) is 9.94. The predicted octanol–water partition coefficient (Wildman–Crippen LogP) is 1.93. The first kappa shape index (κ1) is 14.7. The number of imide groups is 1. The van der Waals surface area contributed by atoms with E-state index in [1.54, 1.807) is 0 Å². The first-order chi connectivity index (χ1) is 8.84. The lowest BCUT2D eigenvalue weighted by Crippen LogP contribution is -2.19. The van der Waals surface area contributed by atoms with Crippen LogP contribution in [-0.2, 0) is 15.8 Å². The van der Waals surface area contributed by atoms with E-state index in [2.05, 4.69) is 0 Å². The van der Waals surface area contributed by atoms with E-state index < -0.39 is 17.6 Å². The average molecular weight is 272 g/mol. The van der Waals surface area contributed by atoms with Crippen LogP contribution in [0.15, 0.2) is 36.5 Å². The van der Waals surface area contributed by atoms with E-state index in [0.717, 1.165) is 18.2 Å². The number of amides is 2. The number of benzene rings is 1. The van der Waals surface area contributed by atoms with Gasteiger partial charge in [-0.2, -0.15) is 13.2 Å². The summed E-state index contributed by atoms with van der Waals surface area (Å²) in [7, 11) is 1.49. The molecule has 0 saturated carbocycles. The molecule has 1 aromatic carbocycles. The normalized spacial score (nSPS) is 11.4. The number of nitrogens with zero attached hydrogens (tertiary/aromatic N) is 1. The van der Waals surface area contributed by atoms with E-state index in [1.807, 2.05) is 5.32 Å². The lowest BCUT2D eigenvalue weighted by atomic mass is 10.2. The van der Waals surface area contributed by atoms with Crippen LogP contribution in [0.3, 0.4) is 0 Å². The number of rotatable bonds is 4. The molecule has 4 nitrogen and oxygen atoms in total. The van der Waals surface area contributed by atoms with Crippen LogP contribution in [0, 0.1) is 0 Å². The number of halogens is 3. The second-order valence-corrected chi connectivity index (χ2v) is 3.60. The highest BCUT2D eigenvalue weighted by molar-refractivity contribution is 5.94. The van der Waals surface area contributed by atoms with Crippen LogP contribution in [0.25, 0.3) is 0 Å². The van der Waals surface area contributed by atoms with Gasteiger partial charge in [0.05, 0.1) is 5.56 Å². The van der Waals surface area contributed by atoms with Crippen molar-refractivity contribution in [2.75, 3.05) is 11.9 Å². The van der Waals surface area contributed by atoms with E-state index in [1.165, 1.54) is 30.3 Å². The van der Waals surface area contributed by atoms with E-state index in [-0.39, 0.29) is 12.1 Å². The molecule has 0 unspecified atom stereocenters. The third kappa shape index (κ3) is 4.46. The van der Waals surface area contributed by atoms with Gasteiger partial charge in [0.2, 0.25) is 6.41 Å². The van der Waals surface area contributed by atoms with Crippen molar-refractivity contribution in [3.63, 3.8) is 0 Å². The van der Waals surface area contributed by atoms with Crippen molar-refractivity contribution < 1.29 is 22.8 Å². The van der Waals surface area contributed by atoms with Crippen LogP contribution < -0.4 is 10.2 Å². The molecule has 2 amide bonds. The Kier molecular flexibility index (Phi) is 4.68. The van der Waals surface area contributed by atoms with Gasteiger partial charge in [0.1, 0.15) is 0 Å². The maximum atomic E-state index is 12.5. The fraction of sp³-hybridized carbons (Fsp3) is 0.167. The number of alkyl halides is 3. The molecule has 7 heteroatoms. The van der Waals surface area contributed by atoms with E-state index in [9.17, 15) is 22.8 Å². The molecular weight excluding hydrogens is 261 g/mol. The van der Waals surface area contributed by atoms with Crippen molar-refractivity contribution in [3.05, 3.63) is 42.1 Å². The topological polar surface area (TPSA) is 49.4 Å². The lowest BCUT2D eigenvalue weighted by Gasteiger charge is -2.16. The summed E-state index contributed by atoms with van der Waals surface area (Å²) in [6.45, 7) is 0. The molecule has 0 fully saturated rings. The number of anilines is 1. The Morgan fingerprint density at radius 1 is 1.37 bits per heavy atom. The molecule has 102 valence electrons. The highest BCUT2D eigenvalue weighted by atomic mass is 19.4. The highest BCUT2D eigenvalue weighted by Crippen LogP contribution is 2.31. The molecule has 19 heavy (non-hydrogen) atoms. The largest absolute Gasteiger partial charge is 0.416 e. The van der Waals surface area contributed by atoms with E-state index in [4.69, 9.17) is 0 Å². The van der Waals surface area contributed by atoms with Crippen LogP contribution >= 0.6 is 0 Å². The van der Waals surface area contributed by atoms with Crippen LogP contribution in [0.2, 0.25) is 0 Å². The highest BCUT2D eigenvalue weighted by Gasteiger charge is 2.30. The van der Waals surface area contributed by atoms with Crippen molar-refractivity contribution >= 4 is 18.0 Å². The third-order valence-corrected chi connectivity index (χ3v) is 2.23. The molecule has 0 heterocycles. The van der Waals surface area contributed by atoms with Crippen LogP contribution in [0.5, 0.6) is 0 Å². The number of nitrogens with one attached hydrogen (secondary N) is 1. The molecule has 0 aromatic heterocycles. The van der Waals surface area contributed by atoms with Crippen molar-refractivity contribution in [3.8, 4) is 0 Å². The smallest absolute Gasteiger partial charge is 0.351 e. The van der Waals surface area contributed by atoms with Gasteiger partial charge in [0.25, 0.3) is 5.91 Å². The van der Waals surface area contributed by atoms with Crippen molar-refractivity contribution in [1.29, 1.82) is 0 Å². The minimum absolute atomic E-state index is 0.219. The van der Waals surface area contributed by atoms with Crippen LogP contribution in [0.4, 0.5) is 18.9 Å². The number of hydrogen-bond donors (Lipinski definition) is 1. The summed E-state index contributed by atoms with van der Waals surface area (Å²) in [4.78, 5) is 22.3. The van der Waals surface area contributed by atoms with Gasteiger partial charge in [-0.3, -0.25) is 14.9 Å². The van der Waals surface area contributed by atoms with Crippen molar-refractivity contribution in [1.82, 2.24) is 5.32 Å². The SMILES string of the molecule is CN(/C=C\C(=O)NC=O)c1cccc(C(F)(F)F)c1. The fourth-order valence-corrected chi connectivity index (χ4v) is 1.27. The second-order valence-electron chi connectivity index (χ2n) is 3.60. The average Bonchev–Trinajstić information content (AvgIpc) is 2.35. The summed E-state index contributed by atoms with van der Waals surface area (Å²) in [5, 5.41) is 1.88. The molecule has 0 atom stereocenters. The Balaban J connectivity index is 2.86. The maximum absolute atomic E-state index is 12.5. The summed E-state index contributed by atoms with van der Waals surface area (Å²) in [5.41, 5.74) is -0.507. The van der Waals surface area contributed by atoms with Gasteiger partial charge in [-0.05, 0) is 18.2 Å². The first-order valence-electron chi connectivity index (χ1n) is 5.17. The summed E-state index contributed by atoms with van der Waals surface area (Å²) in [6.07, 6.45) is -1.91. The van der Waals surface area contributed by atoms with Crippen LogP contribution in [-0.4, -0.2) is 19.4 Å². The zero-order valence-electron chi connectivity index (χ0n) is 9.94. The molecule has 1 N–H and O–H groups in total. The monoisotopic (exact) mass is 272 g/mol. The summed E-state index contributed by atoms with van der Waals surface area (Å²) in [6, 6.07) is 4.66. The summed E-state index contributed by atoms with van der Waals surface area (Å²) >= 11 is 0. The molecule has 0 bridgehead atoms. The van der Waals surface area contributed by atoms with E-state index in [0.29, 0.717) is 0 Å². The first-order valence-corrected chi connectivity index (χ1v) is 5.17. The van der Waals surface area contributed by atoms with Gasteiger partial charge >= 0.3 is 6.18 Å². The van der Waals surface area contributed by atoms with Gasteiger partial charge in [-0.15, -0.1) is 0 Å². The predicted molar refractivity (Wildman–Crippen MR) is 63.2 cm³/mol. The lowest BCUT2D eigenvalue weighted by molar-refractivity contribution is -0.137. The summed E-state index contributed by atoms with van der Waals surface area (Å²) in [5.74, 6) is -0.658. The molecule has 0 aliphatic rings. The molecular formula is C12H11F3N2O2. The molecule has 0 aliphatic carbocycles. The minimum atomic E-state index is -4.42.